The van der Waals surface area contributed by atoms with Crippen LogP contribution in [0.3, 0.4) is 0 Å². The molecule has 18 heavy (non-hydrogen) atoms. The van der Waals surface area contributed by atoms with Gasteiger partial charge in [-0.1, -0.05) is 12.1 Å². The van der Waals surface area contributed by atoms with Gasteiger partial charge in [-0.05, 0) is 29.2 Å². The number of aromatic nitrogens is 2. The normalized spacial score (nSPS) is 18.3. The summed E-state index contributed by atoms with van der Waals surface area (Å²) in [6.07, 6.45) is 3.38. The lowest BCUT2D eigenvalue weighted by molar-refractivity contribution is -0.151. The molecule has 2 N–H and O–H groups in total. The number of fused-ring (bicyclic) bond motifs is 1. The molecule has 1 unspecified atom stereocenters. The molecule has 0 radical (unpaired) electrons. The number of ether oxygens (including phenoxy) is 1. The van der Waals surface area contributed by atoms with Crippen LogP contribution in [-0.2, 0) is 16.0 Å². The minimum atomic E-state index is -0.944. The van der Waals surface area contributed by atoms with Crippen molar-refractivity contribution in [3.63, 3.8) is 0 Å². The fourth-order valence-electron chi connectivity index (χ4n) is 2.24. The summed E-state index contributed by atoms with van der Waals surface area (Å²) in [5.74, 6) is -0.944. The zero-order chi connectivity index (χ0) is 12.5. The molecule has 5 nitrogen and oxygen atoms in total. The van der Waals surface area contributed by atoms with Crippen LogP contribution in [0, 0.1) is 0 Å². The van der Waals surface area contributed by atoms with Gasteiger partial charge < -0.3 is 9.84 Å². The third-order valence-corrected chi connectivity index (χ3v) is 3.14. The second kappa shape index (κ2) is 4.27. The molecule has 0 bridgehead atoms. The second-order valence-corrected chi connectivity index (χ2v) is 4.24. The number of carboxylic acids is 1. The monoisotopic (exact) mass is 244 g/mol. The average molecular weight is 244 g/mol. The van der Waals surface area contributed by atoms with Gasteiger partial charge >= 0.3 is 5.97 Å². The summed E-state index contributed by atoms with van der Waals surface area (Å²) in [6.45, 7) is 0.453. The lowest BCUT2D eigenvalue weighted by Gasteiger charge is -2.23. The van der Waals surface area contributed by atoms with Crippen LogP contribution in [0.4, 0.5) is 0 Å². The minimum absolute atomic E-state index is 0.453. The molecule has 3 rings (SSSR count). The fraction of sp³-hybridized carbons (Fsp3) is 0.231. The van der Waals surface area contributed by atoms with Gasteiger partial charge in [0.2, 0.25) is 0 Å². The van der Waals surface area contributed by atoms with E-state index in [1.807, 2.05) is 18.2 Å². The molecule has 1 aliphatic heterocycles. The zero-order valence-electron chi connectivity index (χ0n) is 9.59. The highest BCUT2D eigenvalue weighted by Gasteiger charge is 2.27. The average Bonchev–Trinajstić information content (AvgIpc) is 2.91. The van der Waals surface area contributed by atoms with Gasteiger partial charge in [0.1, 0.15) is 0 Å². The van der Waals surface area contributed by atoms with Crippen molar-refractivity contribution >= 4 is 5.97 Å². The van der Waals surface area contributed by atoms with E-state index in [9.17, 15) is 4.79 Å². The Morgan fingerprint density at radius 3 is 3.06 bits per heavy atom. The summed E-state index contributed by atoms with van der Waals surface area (Å²) in [6, 6.07) is 5.82. The number of nitrogens with zero attached hydrogens (tertiary/aromatic N) is 1. The molecular formula is C13H12N2O3. The van der Waals surface area contributed by atoms with Gasteiger partial charge in [-0.2, -0.15) is 5.10 Å². The van der Waals surface area contributed by atoms with Crippen molar-refractivity contribution < 1.29 is 14.6 Å². The van der Waals surface area contributed by atoms with E-state index in [-0.39, 0.29) is 0 Å². The van der Waals surface area contributed by atoms with Crippen LogP contribution in [-0.4, -0.2) is 27.9 Å². The third kappa shape index (κ3) is 1.78. The number of carboxylic acid groups (broad SMARTS) is 1. The van der Waals surface area contributed by atoms with Gasteiger partial charge in [0.15, 0.2) is 6.10 Å². The Balaban J connectivity index is 2.07. The molecule has 1 aromatic carbocycles. The Kier molecular flexibility index (Phi) is 2.60. The first-order valence-corrected chi connectivity index (χ1v) is 5.72. The number of nitrogens with one attached hydrogen (secondary N) is 1. The first-order chi connectivity index (χ1) is 8.75. The largest absolute Gasteiger partial charge is 0.479 e. The summed E-state index contributed by atoms with van der Waals surface area (Å²) >= 11 is 0. The van der Waals surface area contributed by atoms with Crippen LogP contribution in [0.1, 0.15) is 17.2 Å². The van der Waals surface area contributed by atoms with Crippen molar-refractivity contribution in [3.05, 3.63) is 41.7 Å². The number of hydrogen-bond donors (Lipinski definition) is 2. The molecule has 0 aliphatic carbocycles. The SMILES string of the molecule is O=C(O)C1OCCc2ccc(-c3cn[nH]c3)cc21. The van der Waals surface area contributed by atoms with Gasteiger partial charge in [0.05, 0.1) is 12.8 Å². The summed E-state index contributed by atoms with van der Waals surface area (Å²) in [7, 11) is 0. The Bertz CT molecular complexity index is 578. The van der Waals surface area contributed by atoms with E-state index in [1.165, 1.54) is 0 Å². The Morgan fingerprint density at radius 2 is 2.33 bits per heavy atom. The first kappa shape index (κ1) is 11.0. The molecule has 0 amide bonds. The lowest BCUT2D eigenvalue weighted by Crippen LogP contribution is -2.23. The highest BCUT2D eigenvalue weighted by molar-refractivity contribution is 5.77. The topological polar surface area (TPSA) is 75.2 Å². The molecular weight excluding hydrogens is 232 g/mol. The maximum absolute atomic E-state index is 11.2. The van der Waals surface area contributed by atoms with Crippen LogP contribution in [0.25, 0.3) is 11.1 Å². The quantitative estimate of drug-likeness (QED) is 0.844. The number of rotatable bonds is 2. The van der Waals surface area contributed by atoms with Gasteiger partial charge in [-0.15, -0.1) is 0 Å². The van der Waals surface area contributed by atoms with Gasteiger partial charge in [-0.25, -0.2) is 4.79 Å². The number of benzene rings is 1. The fourth-order valence-corrected chi connectivity index (χ4v) is 2.24. The van der Waals surface area contributed by atoms with Crippen LogP contribution in [0.5, 0.6) is 0 Å². The van der Waals surface area contributed by atoms with E-state index in [0.717, 1.165) is 28.7 Å². The predicted octanol–water partition coefficient (Wildman–Crippen LogP) is 1.78. The summed E-state index contributed by atoms with van der Waals surface area (Å²) in [5, 5.41) is 15.8. The van der Waals surface area contributed by atoms with Crippen molar-refractivity contribution in [1.29, 1.82) is 0 Å². The van der Waals surface area contributed by atoms with Crippen LogP contribution in [0.2, 0.25) is 0 Å². The van der Waals surface area contributed by atoms with E-state index < -0.39 is 12.1 Å². The molecule has 0 fully saturated rings. The van der Waals surface area contributed by atoms with Crippen molar-refractivity contribution in [2.75, 3.05) is 6.61 Å². The number of carbonyl (C=O) groups is 1. The van der Waals surface area contributed by atoms with Crippen LogP contribution >= 0.6 is 0 Å². The Hall–Kier alpha value is -2.14. The summed E-state index contributed by atoms with van der Waals surface area (Å²) in [4.78, 5) is 11.2. The van der Waals surface area contributed by atoms with E-state index in [0.29, 0.717) is 6.61 Å². The van der Waals surface area contributed by atoms with Crippen molar-refractivity contribution in [3.8, 4) is 11.1 Å². The van der Waals surface area contributed by atoms with Crippen LogP contribution in [0.15, 0.2) is 30.6 Å². The minimum Gasteiger partial charge on any atom is -0.479 e. The second-order valence-electron chi connectivity index (χ2n) is 4.24. The standard InChI is InChI=1S/C13H12N2O3/c16-13(17)12-11-5-9(10-6-14-15-7-10)2-1-8(11)3-4-18-12/h1-2,5-7,12H,3-4H2,(H,14,15)(H,16,17). The Morgan fingerprint density at radius 1 is 1.44 bits per heavy atom. The van der Waals surface area contributed by atoms with Crippen molar-refractivity contribution in [2.24, 2.45) is 0 Å². The molecule has 0 spiro atoms. The van der Waals surface area contributed by atoms with Gasteiger partial charge in [0.25, 0.3) is 0 Å². The maximum Gasteiger partial charge on any atom is 0.337 e. The summed E-state index contributed by atoms with van der Waals surface area (Å²) in [5.41, 5.74) is 3.67. The number of aliphatic carboxylic acids is 1. The molecule has 5 heteroatoms. The number of hydrogen-bond acceptors (Lipinski definition) is 3. The van der Waals surface area contributed by atoms with E-state index in [4.69, 9.17) is 9.84 Å². The lowest BCUT2D eigenvalue weighted by atomic mass is 9.94. The van der Waals surface area contributed by atoms with Gasteiger partial charge in [0, 0.05) is 11.8 Å². The third-order valence-electron chi connectivity index (χ3n) is 3.14. The molecule has 92 valence electrons. The summed E-state index contributed by atoms with van der Waals surface area (Å²) < 4.78 is 5.32. The molecule has 2 heterocycles. The highest BCUT2D eigenvalue weighted by Crippen LogP contribution is 2.31. The van der Waals surface area contributed by atoms with Gasteiger partial charge in [-0.3, -0.25) is 5.10 Å². The highest BCUT2D eigenvalue weighted by atomic mass is 16.5. The van der Waals surface area contributed by atoms with Crippen LogP contribution < -0.4 is 0 Å². The Labute approximate surface area is 103 Å². The molecule has 0 saturated heterocycles. The number of H-pyrrole nitrogens is 1. The van der Waals surface area contributed by atoms with E-state index >= 15 is 0 Å². The molecule has 1 atom stereocenters. The van der Waals surface area contributed by atoms with E-state index in [1.54, 1.807) is 12.4 Å². The zero-order valence-corrected chi connectivity index (χ0v) is 9.59. The maximum atomic E-state index is 11.2. The molecule has 2 aromatic rings. The first-order valence-electron chi connectivity index (χ1n) is 5.72. The van der Waals surface area contributed by atoms with Crippen molar-refractivity contribution in [1.82, 2.24) is 10.2 Å². The molecule has 1 aromatic heterocycles. The predicted molar refractivity (Wildman–Crippen MR) is 64.1 cm³/mol. The number of aromatic amines is 1. The van der Waals surface area contributed by atoms with E-state index in [2.05, 4.69) is 10.2 Å². The molecule has 1 aliphatic rings. The van der Waals surface area contributed by atoms with Crippen molar-refractivity contribution in [2.45, 2.75) is 12.5 Å². The smallest absolute Gasteiger partial charge is 0.337 e. The molecule has 0 saturated carbocycles.